The van der Waals surface area contributed by atoms with E-state index < -0.39 is 0 Å². The van der Waals surface area contributed by atoms with E-state index in [0.29, 0.717) is 6.10 Å². The predicted octanol–water partition coefficient (Wildman–Crippen LogP) is 2.71. The number of rotatable bonds is 4. The third-order valence-electron chi connectivity index (χ3n) is 4.41. The molecule has 3 heterocycles. The largest absolute Gasteiger partial charge is 0.381 e. The Balaban J connectivity index is 1.50. The van der Waals surface area contributed by atoms with Crippen LogP contribution in [0.3, 0.4) is 0 Å². The van der Waals surface area contributed by atoms with Crippen molar-refractivity contribution in [3.05, 3.63) is 36.7 Å². The maximum absolute atomic E-state index is 5.42. The number of piperidine rings is 1. The van der Waals surface area contributed by atoms with Crippen LogP contribution in [0.5, 0.6) is 0 Å². The smallest absolute Gasteiger partial charge is 0.227 e. The molecule has 0 radical (unpaired) electrons. The Morgan fingerprint density at radius 2 is 2.12 bits per heavy atom. The Kier molecular flexibility index (Phi) is 4.00. The first-order valence-electron chi connectivity index (χ1n) is 8.13. The number of ether oxygens (including phenoxy) is 1. The van der Waals surface area contributed by atoms with E-state index in [4.69, 9.17) is 4.74 Å². The molecule has 0 amide bonds. The van der Waals surface area contributed by atoms with Gasteiger partial charge in [0.15, 0.2) is 0 Å². The molecule has 0 unspecified atom stereocenters. The van der Waals surface area contributed by atoms with Crippen molar-refractivity contribution in [2.75, 3.05) is 30.4 Å². The second-order valence-electron chi connectivity index (χ2n) is 5.96. The van der Waals surface area contributed by atoms with Crippen molar-refractivity contribution in [1.29, 1.82) is 0 Å². The van der Waals surface area contributed by atoms with Crippen molar-refractivity contribution in [1.82, 2.24) is 20.2 Å². The van der Waals surface area contributed by atoms with E-state index >= 15 is 0 Å². The molecule has 24 heavy (non-hydrogen) atoms. The standard InChI is InChI=1S/C17H20N6O/c1-24-14-5-8-23(9-6-14)17-18-7-4-16(21-17)20-13-2-3-15-12(10-13)11-19-22-15/h2-4,7,10-11,14H,5-6,8-9H2,1H3,(H,19,22)(H,18,20,21). The van der Waals surface area contributed by atoms with E-state index in [1.165, 1.54) is 0 Å². The minimum Gasteiger partial charge on any atom is -0.381 e. The molecule has 1 aliphatic heterocycles. The number of anilines is 3. The molecule has 2 N–H and O–H groups in total. The Hall–Kier alpha value is -2.67. The Morgan fingerprint density at radius 1 is 1.25 bits per heavy atom. The number of aromatic amines is 1. The molecule has 0 saturated carbocycles. The molecule has 1 saturated heterocycles. The van der Waals surface area contributed by atoms with Crippen LogP contribution in [0.15, 0.2) is 36.7 Å². The van der Waals surface area contributed by atoms with Crippen molar-refractivity contribution >= 4 is 28.4 Å². The molecule has 4 rings (SSSR count). The summed E-state index contributed by atoms with van der Waals surface area (Å²) in [5, 5.41) is 11.4. The molecular weight excluding hydrogens is 304 g/mol. The van der Waals surface area contributed by atoms with Gasteiger partial charge in [0.1, 0.15) is 5.82 Å². The summed E-state index contributed by atoms with van der Waals surface area (Å²) < 4.78 is 5.42. The molecule has 0 aliphatic carbocycles. The van der Waals surface area contributed by atoms with E-state index in [0.717, 1.165) is 54.3 Å². The second-order valence-corrected chi connectivity index (χ2v) is 5.96. The average molecular weight is 324 g/mol. The summed E-state index contributed by atoms with van der Waals surface area (Å²) in [6, 6.07) is 7.93. The van der Waals surface area contributed by atoms with Gasteiger partial charge in [-0.2, -0.15) is 10.1 Å². The molecule has 0 spiro atoms. The van der Waals surface area contributed by atoms with Gasteiger partial charge in [-0.1, -0.05) is 0 Å². The Morgan fingerprint density at radius 3 is 2.96 bits per heavy atom. The number of fused-ring (bicyclic) bond motifs is 1. The van der Waals surface area contributed by atoms with Crippen LogP contribution in [-0.2, 0) is 4.74 Å². The topological polar surface area (TPSA) is 79.0 Å². The number of aromatic nitrogens is 4. The number of hydrogen-bond acceptors (Lipinski definition) is 6. The molecule has 1 aliphatic rings. The molecule has 0 bridgehead atoms. The van der Waals surface area contributed by atoms with Gasteiger partial charge < -0.3 is 15.0 Å². The van der Waals surface area contributed by atoms with Crippen LogP contribution in [0.4, 0.5) is 17.5 Å². The van der Waals surface area contributed by atoms with E-state index in [1.807, 2.05) is 30.5 Å². The van der Waals surface area contributed by atoms with Crippen molar-refractivity contribution in [2.45, 2.75) is 18.9 Å². The minimum atomic E-state index is 0.351. The fourth-order valence-electron chi connectivity index (χ4n) is 3.03. The molecule has 1 aromatic carbocycles. The van der Waals surface area contributed by atoms with Crippen LogP contribution in [0.1, 0.15) is 12.8 Å². The summed E-state index contributed by atoms with van der Waals surface area (Å²) in [7, 11) is 1.78. The maximum atomic E-state index is 5.42. The first-order chi connectivity index (χ1) is 11.8. The van der Waals surface area contributed by atoms with Gasteiger partial charge in [0, 0.05) is 37.5 Å². The van der Waals surface area contributed by atoms with Crippen LogP contribution in [0.25, 0.3) is 10.9 Å². The third kappa shape index (κ3) is 3.03. The monoisotopic (exact) mass is 324 g/mol. The normalized spacial score (nSPS) is 15.8. The van der Waals surface area contributed by atoms with Gasteiger partial charge in [0.25, 0.3) is 0 Å². The van der Waals surface area contributed by atoms with Crippen molar-refractivity contribution in [2.24, 2.45) is 0 Å². The van der Waals surface area contributed by atoms with Crippen LogP contribution in [0, 0.1) is 0 Å². The predicted molar refractivity (Wildman–Crippen MR) is 93.7 cm³/mol. The third-order valence-corrected chi connectivity index (χ3v) is 4.41. The molecule has 7 heteroatoms. The number of H-pyrrole nitrogens is 1. The molecule has 124 valence electrons. The number of methoxy groups -OCH3 is 1. The van der Waals surface area contributed by atoms with Gasteiger partial charge in [-0.05, 0) is 37.1 Å². The summed E-state index contributed by atoms with van der Waals surface area (Å²) in [6.07, 6.45) is 5.97. The van der Waals surface area contributed by atoms with Crippen molar-refractivity contribution < 1.29 is 4.74 Å². The van der Waals surface area contributed by atoms with E-state index in [2.05, 4.69) is 30.4 Å². The zero-order valence-electron chi connectivity index (χ0n) is 13.6. The Labute approximate surface area is 140 Å². The van der Waals surface area contributed by atoms with Crippen LogP contribution in [-0.4, -0.2) is 46.5 Å². The van der Waals surface area contributed by atoms with Gasteiger partial charge in [-0.3, -0.25) is 5.10 Å². The lowest BCUT2D eigenvalue weighted by Crippen LogP contribution is -2.37. The lowest BCUT2D eigenvalue weighted by atomic mass is 10.1. The lowest BCUT2D eigenvalue weighted by Gasteiger charge is -2.31. The second kappa shape index (κ2) is 6.45. The zero-order chi connectivity index (χ0) is 16.4. The number of benzene rings is 1. The maximum Gasteiger partial charge on any atom is 0.227 e. The highest BCUT2D eigenvalue weighted by Gasteiger charge is 2.20. The molecule has 3 aromatic rings. The molecule has 1 fully saturated rings. The van der Waals surface area contributed by atoms with Gasteiger partial charge in [0.2, 0.25) is 5.95 Å². The Bertz CT molecular complexity index is 825. The number of hydrogen-bond donors (Lipinski definition) is 2. The SMILES string of the molecule is COC1CCN(c2nccc(Nc3ccc4[nH]ncc4c3)n2)CC1. The summed E-state index contributed by atoms with van der Waals surface area (Å²) in [5.41, 5.74) is 2.00. The fourth-order valence-corrected chi connectivity index (χ4v) is 3.03. The van der Waals surface area contributed by atoms with E-state index in [1.54, 1.807) is 13.3 Å². The highest BCUT2D eigenvalue weighted by molar-refractivity contribution is 5.82. The number of nitrogens with one attached hydrogen (secondary N) is 2. The van der Waals surface area contributed by atoms with Gasteiger partial charge in [-0.25, -0.2) is 4.98 Å². The van der Waals surface area contributed by atoms with Gasteiger partial charge >= 0.3 is 0 Å². The molecule has 7 nitrogen and oxygen atoms in total. The summed E-state index contributed by atoms with van der Waals surface area (Å²) in [4.78, 5) is 11.3. The highest BCUT2D eigenvalue weighted by Crippen LogP contribution is 2.22. The number of nitrogens with zero attached hydrogens (tertiary/aromatic N) is 4. The van der Waals surface area contributed by atoms with Crippen LogP contribution >= 0.6 is 0 Å². The highest BCUT2D eigenvalue weighted by atomic mass is 16.5. The van der Waals surface area contributed by atoms with Gasteiger partial charge in [-0.15, -0.1) is 0 Å². The summed E-state index contributed by atoms with van der Waals surface area (Å²) in [5.74, 6) is 1.55. The fraction of sp³-hybridized carbons (Fsp3) is 0.353. The van der Waals surface area contributed by atoms with Crippen LogP contribution < -0.4 is 10.2 Å². The van der Waals surface area contributed by atoms with E-state index in [9.17, 15) is 0 Å². The summed E-state index contributed by atoms with van der Waals surface area (Å²) in [6.45, 7) is 1.84. The minimum absolute atomic E-state index is 0.351. The first kappa shape index (κ1) is 14.9. The zero-order valence-corrected chi connectivity index (χ0v) is 13.6. The van der Waals surface area contributed by atoms with Crippen molar-refractivity contribution in [3.8, 4) is 0 Å². The molecular formula is C17H20N6O. The lowest BCUT2D eigenvalue weighted by molar-refractivity contribution is 0.0816. The average Bonchev–Trinajstić information content (AvgIpc) is 3.10. The molecule has 2 aromatic heterocycles. The van der Waals surface area contributed by atoms with Crippen molar-refractivity contribution in [3.63, 3.8) is 0 Å². The summed E-state index contributed by atoms with van der Waals surface area (Å²) >= 11 is 0. The van der Waals surface area contributed by atoms with Gasteiger partial charge in [0.05, 0.1) is 17.8 Å². The first-order valence-corrected chi connectivity index (χ1v) is 8.13. The quantitative estimate of drug-likeness (QED) is 0.768. The molecule has 0 atom stereocenters. The van der Waals surface area contributed by atoms with Crippen LogP contribution in [0.2, 0.25) is 0 Å². The van der Waals surface area contributed by atoms with E-state index in [-0.39, 0.29) is 0 Å².